The molecule has 2 rings (SSSR count). The van der Waals surface area contributed by atoms with Crippen molar-refractivity contribution in [3.63, 3.8) is 0 Å². The third-order valence-corrected chi connectivity index (χ3v) is 3.38. The molecule has 5 heteroatoms. The average Bonchev–Trinajstić information content (AvgIpc) is 2.54. The highest BCUT2D eigenvalue weighted by Crippen LogP contribution is 2.16. The van der Waals surface area contributed by atoms with Crippen LogP contribution in [-0.4, -0.2) is 18.4 Å². The van der Waals surface area contributed by atoms with Crippen LogP contribution in [-0.2, 0) is 4.79 Å². The lowest BCUT2D eigenvalue weighted by atomic mass is 10.0. The van der Waals surface area contributed by atoms with E-state index in [2.05, 4.69) is 24.5 Å². The number of carbonyl (C=O) groups is 2. The molecule has 0 saturated heterocycles. The van der Waals surface area contributed by atoms with Crippen LogP contribution in [0.25, 0.3) is 0 Å². The van der Waals surface area contributed by atoms with Crippen molar-refractivity contribution in [1.29, 1.82) is 0 Å². The van der Waals surface area contributed by atoms with E-state index in [1.165, 1.54) is 29.8 Å². The Hall–Kier alpha value is -2.69. The van der Waals surface area contributed by atoms with Crippen LogP contribution in [0.5, 0.6) is 0 Å². The van der Waals surface area contributed by atoms with Crippen molar-refractivity contribution in [2.24, 2.45) is 0 Å². The molecule has 0 bridgehead atoms. The molecule has 2 amide bonds. The molecule has 0 radical (unpaired) electrons. The van der Waals surface area contributed by atoms with Gasteiger partial charge in [0.05, 0.1) is 6.54 Å². The molecule has 0 fully saturated rings. The van der Waals surface area contributed by atoms with Crippen LogP contribution in [0.1, 0.15) is 35.7 Å². The maximum Gasteiger partial charge on any atom is 0.251 e. The van der Waals surface area contributed by atoms with Gasteiger partial charge >= 0.3 is 0 Å². The molecular formula is C18H19FN2O2. The fourth-order valence-corrected chi connectivity index (χ4v) is 2.02. The highest BCUT2D eigenvalue weighted by molar-refractivity contribution is 5.99. The van der Waals surface area contributed by atoms with Crippen molar-refractivity contribution in [3.05, 3.63) is 65.5 Å². The van der Waals surface area contributed by atoms with E-state index in [-0.39, 0.29) is 12.5 Å². The second kappa shape index (κ2) is 7.54. The number of amides is 2. The monoisotopic (exact) mass is 314 g/mol. The number of halogens is 1. The zero-order valence-electron chi connectivity index (χ0n) is 13.1. The standard InChI is InChI=1S/C18H19FN2O2/c1-12(2)13-5-9-16(10-6-13)21-17(22)11-20-18(23)14-3-7-15(19)8-4-14/h3-10,12H,11H2,1-2H3,(H,20,23)(H,21,22). The Morgan fingerprint density at radius 2 is 1.61 bits per heavy atom. The van der Waals surface area contributed by atoms with Crippen LogP contribution >= 0.6 is 0 Å². The molecule has 0 aliphatic carbocycles. The lowest BCUT2D eigenvalue weighted by Gasteiger charge is -2.09. The van der Waals surface area contributed by atoms with Gasteiger partial charge in [-0.1, -0.05) is 26.0 Å². The van der Waals surface area contributed by atoms with Crippen molar-refractivity contribution >= 4 is 17.5 Å². The van der Waals surface area contributed by atoms with Crippen molar-refractivity contribution in [2.75, 3.05) is 11.9 Å². The van der Waals surface area contributed by atoms with Crippen molar-refractivity contribution in [1.82, 2.24) is 5.32 Å². The fourth-order valence-electron chi connectivity index (χ4n) is 2.02. The van der Waals surface area contributed by atoms with E-state index in [0.29, 0.717) is 17.2 Å². The van der Waals surface area contributed by atoms with E-state index in [4.69, 9.17) is 0 Å². The first kappa shape index (κ1) is 16.7. The summed E-state index contributed by atoms with van der Waals surface area (Å²) in [5.41, 5.74) is 2.17. The van der Waals surface area contributed by atoms with Gasteiger partial charge in [0.25, 0.3) is 5.91 Å². The van der Waals surface area contributed by atoms with Crippen LogP contribution in [0.2, 0.25) is 0 Å². The van der Waals surface area contributed by atoms with Crippen LogP contribution in [0, 0.1) is 5.82 Å². The minimum Gasteiger partial charge on any atom is -0.343 e. The van der Waals surface area contributed by atoms with E-state index >= 15 is 0 Å². The van der Waals surface area contributed by atoms with E-state index in [0.717, 1.165) is 0 Å². The molecular weight excluding hydrogens is 295 g/mol. The summed E-state index contributed by atoms with van der Waals surface area (Å²) in [6, 6.07) is 12.7. The molecule has 0 saturated carbocycles. The predicted octanol–water partition coefficient (Wildman–Crippen LogP) is 3.32. The number of benzene rings is 2. The van der Waals surface area contributed by atoms with Crippen molar-refractivity contribution in [2.45, 2.75) is 19.8 Å². The zero-order chi connectivity index (χ0) is 16.8. The summed E-state index contributed by atoms with van der Waals surface area (Å²) in [5.74, 6) is -0.730. The Morgan fingerprint density at radius 1 is 1.00 bits per heavy atom. The van der Waals surface area contributed by atoms with E-state index in [9.17, 15) is 14.0 Å². The van der Waals surface area contributed by atoms with Gasteiger partial charge in [-0.2, -0.15) is 0 Å². The highest BCUT2D eigenvalue weighted by Gasteiger charge is 2.08. The summed E-state index contributed by atoms with van der Waals surface area (Å²) >= 11 is 0. The molecule has 0 atom stereocenters. The molecule has 0 aliphatic rings. The van der Waals surface area contributed by atoms with Gasteiger partial charge in [-0.15, -0.1) is 0 Å². The molecule has 2 N–H and O–H groups in total. The number of anilines is 1. The Kier molecular flexibility index (Phi) is 5.46. The molecule has 120 valence electrons. The number of rotatable bonds is 5. The van der Waals surface area contributed by atoms with Gasteiger partial charge in [-0.25, -0.2) is 4.39 Å². The quantitative estimate of drug-likeness (QED) is 0.889. The third kappa shape index (κ3) is 4.92. The highest BCUT2D eigenvalue weighted by atomic mass is 19.1. The van der Waals surface area contributed by atoms with Crippen LogP contribution in [0.4, 0.5) is 10.1 Å². The van der Waals surface area contributed by atoms with Crippen molar-refractivity contribution in [3.8, 4) is 0 Å². The topological polar surface area (TPSA) is 58.2 Å². The maximum atomic E-state index is 12.8. The first-order chi connectivity index (χ1) is 11.0. The lowest BCUT2D eigenvalue weighted by molar-refractivity contribution is -0.115. The van der Waals surface area contributed by atoms with Gasteiger partial charge < -0.3 is 10.6 Å². The minimum atomic E-state index is -0.421. The first-order valence-electron chi connectivity index (χ1n) is 7.39. The normalized spacial score (nSPS) is 10.4. The minimum absolute atomic E-state index is 0.151. The lowest BCUT2D eigenvalue weighted by Crippen LogP contribution is -2.32. The van der Waals surface area contributed by atoms with E-state index in [1.54, 1.807) is 0 Å². The SMILES string of the molecule is CC(C)c1ccc(NC(=O)CNC(=O)c2ccc(F)cc2)cc1. The summed E-state index contributed by atoms with van der Waals surface area (Å²) in [4.78, 5) is 23.7. The zero-order valence-corrected chi connectivity index (χ0v) is 13.1. The maximum absolute atomic E-state index is 12.8. The second-order valence-electron chi connectivity index (χ2n) is 5.51. The largest absolute Gasteiger partial charge is 0.343 e. The molecule has 4 nitrogen and oxygen atoms in total. The summed E-state index contributed by atoms with van der Waals surface area (Å²) in [6.07, 6.45) is 0. The molecule has 2 aromatic carbocycles. The average molecular weight is 314 g/mol. The molecule has 23 heavy (non-hydrogen) atoms. The predicted molar refractivity (Wildman–Crippen MR) is 87.9 cm³/mol. The first-order valence-corrected chi connectivity index (χ1v) is 7.39. The summed E-state index contributed by atoms with van der Waals surface area (Å²) in [5, 5.41) is 5.20. The third-order valence-electron chi connectivity index (χ3n) is 3.38. The van der Waals surface area contributed by atoms with Gasteiger partial charge in [0.1, 0.15) is 5.82 Å². The Morgan fingerprint density at radius 3 is 2.17 bits per heavy atom. The van der Waals surface area contributed by atoms with Gasteiger partial charge in [-0.3, -0.25) is 9.59 Å². The summed E-state index contributed by atoms with van der Waals surface area (Å²) in [7, 11) is 0. The van der Waals surface area contributed by atoms with Gasteiger partial charge in [0.2, 0.25) is 5.91 Å². The molecule has 0 unspecified atom stereocenters. The van der Waals surface area contributed by atoms with Gasteiger partial charge in [-0.05, 0) is 47.9 Å². The Balaban J connectivity index is 1.85. The Bertz CT molecular complexity index is 679. The molecule has 2 aromatic rings. The van der Waals surface area contributed by atoms with Crippen LogP contribution in [0.15, 0.2) is 48.5 Å². The van der Waals surface area contributed by atoms with Gasteiger partial charge in [0, 0.05) is 11.3 Å². The number of hydrogen-bond donors (Lipinski definition) is 2. The van der Waals surface area contributed by atoms with Crippen molar-refractivity contribution < 1.29 is 14.0 Å². The van der Waals surface area contributed by atoms with Crippen LogP contribution in [0.3, 0.4) is 0 Å². The number of hydrogen-bond acceptors (Lipinski definition) is 2. The summed E-state index contributed by atoms with van der Waals surface area (Å²) < 4.78 is 12.8. The second-order valence-corrected chi connectivity index (χ2v) is 5.51. The van der Waals surface area contributed by atoms with E-state index in [1.807, 2.05) is 24.3 Å². The molecule has 0 heterocycles. The molecule has 0 aromatic heterocycles. The molecule has 0 spiro atoms. The van der Waals surface area contributed by atoms with E-state index < -0.39 is 11.7 Å². The number of carbonyl (C=O) groups excluding carboxylic acids is 2. The van der Waals surface area contributed by atoms with Gasteiger partial charge in [0.15, 0.2) is 0 Å². The Labute approximate surface area is 134 Å². The smallest absolute Gasteiger partial charge is 0.251 e. The number of nitrogens with one attached hydrogen (secondary N) is 2. The summed E-state index contributed by atoms with van der Waals surface area (Å²) in [6.45, 7) is 4.04. The van der Waals surface area contributed by atoms with Crippen LogP contribution < -0.4 is 10.6 Å². The molecule has 0 aliphatic heterocycles. The fraction of sp³-hybridized carbons (Fsp3) is 0.222.